The number of nitrogens with zero attached hydrogens (tertiary/aromatic N) is 3. The lowest BCUT2D eigenvalue weighted by Gasteiger charge is -2.17. The molecule has 1 heterocycles. The minimum Gasteiger partial charge on any atom is -0.336 e. The minimum absolute atomic E-state index is 0.0218. The number of hydrogen-bond acceptors (Lipinski definition) is 4. The van der Waals surface area contributed by atoms with E-state index in [-0.39, 0.29) is 30.2 Å². The highest BCUT2D eigenvalue weighted by molar-refractivity contribution is 9.10. The van der Waals surface area contributed by atoms with E-state index in [4.69, 9.17) is 0 Å². The van der Waals surface area contributed by atoms with Crippen molar-refractivity contribution in [1.82, 2.24) is 20.1 Å². The molecule has 1 aliphatic carbocycles. The number of carbonyl (C=O) groups excluding carboxylic acids is 2. The standard InChI is InChI=1S/C16H18BrN5O2/c1-9-5-10(17)3-4-13(9)20-14(23)7-22(2)16(24)12-6-11(12)15-18-8-19-21-15/h3-5,8,11-12H,6-7H2,1-2H3,(H,20,23)(H,18,19,21)/t11-,12-/m1/s1. The number of halogens is 1. The molecule has 0 saturated heterocycles. The lowest BCUT2D eigenvalue weighted by Crippen LogP contribution is -2.36. The summed E-state index contributed by atoms with van der Waals surface area (Å²) >= 11 is 3.39. The highest BCUT2D eigenvalue weighted by atomic mass is 79.9. The first kappa shape index (κ1) is 16.6. The van der Waals surface area contributed by atoms with Gasteiger partial charge in [-0.15, -0.1) is 0 Å². The predicted molar refractivity (Wildman–Crippen MR) is 92.4 cm³/mol. The van der Waals surface area contributed by atoms with E-state index in [1.54, 1.807) is 7.05 Å². The lowest BCUT2D eigenvalue weighted by molar-refractivity contribution is -0.134. The number of aryl methyl sites for hydroxylation is 1. The van der Waals surface area contributed by atoms with E-state index in [0.717, 1.165) is 28.0 Å². The monoisotopic (exact) mass is 391 g/mol. The van der Waals surface area contributed by atoms with Gasteiger partial charge >= 0.3 is 0 Å². The van der Waals surface area contributed by atoms with Gasteiger partial charge in [0, 0.05) is 29.0 Å². The fourth-order valence-corrected chi connectivity index (χ4v) is 3.17. The van der Waals surface area contributed by atoms with Crippen LogP contribution in [0.5, 0.6) is 0 Å². The second-order valence-electron chi connectivity index (χ2n) is 6.02. The van der Waals surface area contributed by atoms with Crippen LogP contribution < -0.4 is 5.32 Å². The van der Waals surface area contributed by atoms with E-state index in [1.165, 1.54) is 11.2 Å². The van der Waals surface area contributed by atoms with E-state index in [2.05, 4.69) is 36.4 Å². The Balaban J connectivity index is 1.53. The van der Waals surface area contributed by atoms with Gasteiger partial charge in [0.1, 0.15) is 12.2 Å². The van der Waals surface area contributed by atoms with Crippen molar-refractivity contribution in [3.63, 3.8) is 0 Å². The van der Waals surface area contributed by atoms with Gasteiger partial charge in [-0.05, 0) is 37.1 Å². The van der Waals surface area contributed by atoms with Gasteiger partial charge in [0.2, 0.25) is 11.8 Å². The van der Waals surface area contributed by atoms with Crippen LogP contribution in [-0.4, -0.2) is 45.5 Å². The van der Waals surface area contributed by atoms with Gasteiger partial charge in [-0.3, -0.25) is 14.7 Å². The highest BCUT2D eigenvalue weighted by Crippen LogP contribution is 2.46. The topological polar surface area (TPSA) is 91.0 Å². The van der Waals surface area contributed by atoms with Gasteiger partial charge in [0.05, 0.1) is 6.54 Å². The molecule has 2 amide bonds. The molecule has 0 radical (unpaired) electrons. The van der Waals surface area contributed by atoms with Crippen LogP contribution in [0.15, 0.2) is 29.0 Å². The summed E-state index contributed by atoms with van der Waals surface area (Å²) in [5.41, 5.74) is 1.70. The average molecular weight is 392 g/mol. The second kappa shape index (κ2) is 6.72. The van der Waals surface area contributed by atoms with Crippen LogP contribution in [0, 0.1) is 12.8 Å². The summed E-state index contributed by atoms with van der Waals surface area (Å²) in [5, 5.41) is 9.43. The number of rotatable bonds is 5. The van der Waals surface area contributed by atoms with E-state index in [0.29, 0.717) is 0 Å². The summed E-state index contributed by atoms with van der Waals surface area (Å²) in [6, 6.07) is 5.63. The van der Waals surface area contributed by atoms with E-state index >= 15 is 0 Å². The Hall–Kier alpha value is -2.22. The number of hydrogen-bond donors (Lipinski definition) is 2. The van der Waals surface area contributed by atoms with Crippen molar-refractivity contribution < 1.29 is 9.59 Å². The molecule has 3 rings (SSSR count). The molecule has 1 fully saturated rings. The van der Waals surface area contributed by atoms with Crippen molar-refractivity contribution in [2.45, 2.75) is 19.3 Å². The number of benzene rings is 1. The maximum Gasteiger partial charge on any atom is 0.243 e. The Bertz CT molecular complexity index is 762. The van der Waals surface area contributed by atoms with Crippen LogP contribution in [-0.2, 0) is 9.59 Å². The summed E-state index contributed by atoms with van der Waals surface area (Å²) in [7, 11) is 1.64. The predicted octanol–water partition coefficient (Wildman–Crippen LogP) is 2.08. The zero-order valence-electron chi connectivity index (χ0n) is 13.4. The molecule has 1 aromatic heterocycles. The second-order valence-corrected chi connectivity index (χ2v) is 6.94. The summed E-state index contributed by atoms with van der Waals surface area (Å²) in [6.07, 6.45) is 2.18. The molecule has 2 atom stereocenters. The Morgan fingerprint density at radius 3 is 2.92 bits per heavy atom. The maximum atomic E-state index is 12.4. The van der Waals surface area contributed by atoms with Crippen molar-refractivity contribution in [3.05, 3.63) is 40.4 Å². The largest absolute Gasteiger partial charge is 0.336 e. The smallest absolute Gasteiger partial charge is 0.243 e. The quantitative estimate of drug-likeness (QED) is 0.815. The van der Waals surface area contributed by atoms with Crippen LogP contribution >= 0.6 is 15.9 Å². The third kappa shape index (κ3) is 3.64. The van der Waals surface area contributed by atoms with Crippen molar-refractivity contribution in [3.8, 4) is 0 Å². The number of aromatic amines is 1. The number of H-pyrrole nitrogens is 1. The first-order valence-corrected chi connectivity index (χ1v) is 8.41. The molecule has 1 aromatic carbocycles. The Kier molecular flexibility index (Phi) is 4.66. The Labute approximate surface area is 148 Å². The number of likely N-dealkylation sites (N-methyl/N-ethyl adjacent to an activating group) is 1. The van der Waals surface area contributed by atoms with Crippen molar-refractivity contribution in [2.24, 2.45) is 5.92 Å². The zero-order chi connectivity index (χ0) is 17.3. The van der Waals surface area contributed by atoms with Crippen LogP contribution in [0.3, 0.4) is 0 Å². The molecule has 2 N–H and O–H groups in total. The van der Waals surface area contributed by atoms with Crippen LogP contribution in [0.2, 0.25) is 0 Å². The molecular weight excluding hydrogens is 374 g/mol. The molecule has 1 saturated carbocycles. The Morgan fingerprint density at radius 2 is 2.25 bits per heavy atom. The van der Waals surface area contributed by atoms with Gasteiger partial charge in [0.25, 0.3) is 0 Å². The van der Waals surface area contributed by atoms with Gasteiger partial charge in [-0.1, -0.05) is 15.9 Å². The van der Waals surface area contributed by atoms with Crippen LogP contribution in [0.1, 0.15) is 23.7 Å². The average Bonchev–Trinajstić information content (AvgIpc) is 3.14. The zero-order valence-corrected chi connectivity index (χ0v) is 15.0. The third-order valence-corrected chi connectivity index (χ3v) is 4.61. The molecule has 2 aromatic rings. The first-order chi connectivity index (χ1) is 11.5. The first-order valence-electron chi connectivity index (χ1n) is 7.62. The number of amides is 2. The molecule has 1 aliphatic rings. The van der Waals surface area contributed by atoms with Gasteiger partial charge in [0.15, 0.2) is 0 Å². The van der Waals surface area contributed by atoms with Crippen molar-refractivity contribution >= 4 is 33.4 Å². The fraction of sp³-hybridized carbons (Fsp3) is 0.375. The molecule has 8 heteroatoms. The molecule has 0 aliphatic heterocycles. The van der Waals surface area contributed by atoms with Gasteiger partial charge in [-0.2, -0.15) is 5.10 Å². The molecule has 0 spiro atoms. The highest BCUT2D eigenvalue weighted by Gasteiger charge is 2.47. The maximum absolute atomic E-state index is 12.4. The molecule has 0 unspecified atom stereocenters. The number of nitrogens with one attached hydrogen (secondary N) is 2. The van der Waals surface area contributed by atoms with Gasteiger partial charge in [-0.25, -0.2) is 4.98 Å². The minimum atomic E-state index is -0.215. The fourth-order valence-electron chi connectivity index (χ4n) is 2.70. The van der Waals surface area contributed by atoms with Crippen LogP contribution in [0.4, 0.5) is 5.69 Å². The molecule has 126 valence electrons. The number of aromatic nitrogens is 3. The summed E-state index contributed by atoms with van der Waals surface area (Å²) in [4.78, 5) is 30.1. The van der Waals surface area contributed by atoms with E-state index in [1.807, 2.05) is 25.1 Å². The molecule has 7 nitrogen and oxygen atoms in total. The summed E-state index contributed by atoms with van der Waals surface area (Å²) < 4.78 is 0.956. The van der Waals surface area contributed by atoms with E-state index < -0.39 is 0 Å². The molecule has 0 bridgehead atoms. The summed E-state index contributed by atoms with van der Waals surface area (Å²) in [6.45, 7) is 1.94. The van der Waals surface area contributed by atoms with E-state index in [9.17, 15) is 9.59 Å². The number of carbonyl (C=O) groups is 2. The third-order valence-electron chi connectivity index (χ3n) is 4.11. The molecule has 24 heavy (non-hydrogen) atoms. The normalized spacial score (nSPS) is 19.0. The van der Waals surface area contributed by atoms with Crippen LogP contribution in [0.25, 0.3) is 0 Å². The van der Waals surface area contributed by atoms with Gasteiger partial charge < -0.3 is 10.2 Å². The lowest BCUT2D eigenvalue weighted by atomic mass is 10.2. The SMILES string of the molecule is Cc1cc(Br)ccc1NC(=O)CN(C)C(=O)[C@@H]1C[C@H]1c1ncn[nH]1. The van der Waals surface area contributed by atoms with Crippen molar-refractivity contribution in [1.29, 1.82) is 0 Å². The Morgan fingerprint density at radius 1 is 1.46 bits per heavy atom. The number of anilines is 1. The summed E-state index contributed by atoms with van der Waals surface area (Å²) in [5.74, 6) is 0.438. The molecular formula is C16H18BrN5O2. The van der Waals surface area contributed by atoms with Crippen molar-refractivity contribution in [2.75, 3.05) is 18.9 Å².